The van der Waals surface area contributed by atoms with E-state index in [-0.39, 0.29) is 29.9 Å². The van der Waals surface area contributed by atoms with Crippen LogP contribution in [0.25, 0.3) is 0 Å². The molecule has 1 unspecified atom stereocenters. The van der Waals surface area contributed by atoms with Crippen molar-refractivity contribution in [1.29, 1.82) is 0 Å². The van der Waals surface area contributed by atoms with E-state index in [0.29, 0.717) is 16.9 Å². The maximum absolute atomic E-state index is 14.3. The van der Waals surface area contributed by atoms with Gasteiger partial charge in [0.1, 0.15) is 17.1 Å². The number of rotatable bonds is 5. The minimum Gasteiger partial charge on any atom is -0.489 e. The van der Waals surface area contributed by atoms with Crippen LogP contribution in [0.1, 0.15) is 27.9 Å². The highest BCUT2D eigenvalue weighted by Gasteiger charge is 2.49. The molecule has 0 radical (unpaired) electrons. The summed E-state index contributed by atoms with van der Waals surface area (Å²) in [7, 11) is -2.64. The van der Waals surface area contributed by atoms with Crippen molar-refractivity contribution in [3.05, 3.63) is 108 Å². The van der Waals surface area contributed by atoms with Crippen LogP contribution in [0.5, 0.6) is 5.75 Å². The largest absolute Gasteiger partial charge is 0.489 e. The third-order valence-electron chi connectivity index (χ3n) is 5.76. The molecule has 0 aromatic heterocycles. The highest BCUT2D eigenvalue weighted by molar-refractivity contribution is 7.92. The van der Waals surface area contributed by atoms with Crippen LogP contribution in [0, 0.1) is 0 Å². The molecule has 0 amide bonds. The van der Waals surface area contributed by atoms with Crippen molar-refractivity contribution in [2.75, 3.05) is 13.7 Å². The molecule has 1 aliphatic heterocycles. The van der Waals surface area contributed by atoms with Crippen LogP contribution in [0.3, 0.4) is 0 Å². The van der Waals surface area contributed by atoms with E-state index >= 15 is 0 Å². The lowest BCUT2D eigenvalue weighted by molar-refractivity contribution is 0.0600. The Hall–Kier alpha value is -3.38. The van der Waals surface area contributed by atoms with E-state index in [0.717, 1.165) is 5.56 Å². The van der Waals surface area contributed by atoms with Crippen molar-refractivity contribution in [1.82, 2.24) is 0 Å². The van der Waals surface area contributed by atoms with Crippen LogP contribution in [-0.4, -0.2) is 28.1 Å². The van der Waals surface area contributed by atoms with Gasteiger partial charge in [-0.25, -0.2) is 13.2 Å². The third-order valence-corrected chi connectivity index (χ3v) is 8.19. The van der Waals surface area contributed by atoms with Crippen molar-refractivity contribution in [3.8, 4) is 5.75 Å². The molecule has 0 N–H and O–H groups in total. The second kappa shape index (κ2) is 8.63. The first-order valence-corrected chi connectivity index (χ1v) is 11.7. The van der Waals surface area contributed by atoms with Crippen LogP contribution in [0.4, 0.5) is 0 Å². The molecular formula is C26H24O5S. The molecule has 0 bridgehead atoms. The fraction of sp³-hybridized carbons (Fsp3) is 0.192. The first-order valence-electron chi connectivity index (χ1n) is 10.2. The first-order chi connectivity index (χ1) is 15.4. The topological polar surface area (TPSA) is 69.7 Å². The minimum atomic E-state index is -3.93. The number of hydrogen-bond acceptors (Lipinski definition) is 5. The fourth-order valence-electron chi connectivity index (χ4n) is 4.23. The van der Waals surface area contributed by atoms with E-state index in [1.165, 1.54) is 7.11 Å². The van der Waals surface area contributed by atoms with Gasteiger partial charge in [-0.1, -0.05) is 55.1 Å². The van der Waals surface area contributed by atoms with Crippen molar-refractivity contribution in [2.45, 2.75) is 22.5 Å². The highest BCUT2D eigenvalue weighted by Crippen LogP contribution is 2.48. The molecule has 0 fully saturated rings. The third kappa shape index (κ3) is 3.82. The van der Waals surface area contributed by atoms with Gasteiger partial charge in [0.25, 0.3) is 0 Å². The van der Waals surface area contributed by atoms with E-state index in [1.54, 1.807) is 48.5 Å². The second-order valence-corrected chi connectivity index (χ2v) is 10.2. The summed E-state index contributed by atoms with van der Waals surface area (Å²) in [5.41, 5.74) is 2.22. The van der Waals surface area contributed by atoms with E-state index < -0.39 is 20.6 Å². The molecular weight excluding hydrogens is 424 g/mol. The molecule has 1 heterocycles. The lowest BCUT2D eigenvalue weighted by Gasteiger charge is -2.34. The lowest BCUT2D eigenvalue weighted by atomic mass is 9.85. The molecule has 3 aromatic rings. The summed E-state index contributed by atoms with van der Waals surface area (Å²) < 4.78 is 38.0. The van der Waals surface area contributed by atoms with Gasteiger partial charge >= 0.3 is 5.97 Å². The smallest absolute Gasteiger partial charge is 0.337 e. The van der Waals surface area contributed by atoms with Crippen LogP contribution < -0.4 is 4.74 Å². The van der Waals surface area contributed by atoms with Crippen LogP contribution in [0.2, 0.25) is 0 Å². The maximum Gasteiger partial charge on any atom is 0.337 e. The van der Waals surface area contributed by atoms with Gasteiger partial charge in [-0.15, -0.1) is 0 Å². The molecule has 5 nitrogen and oxygen atoms in total. The Morgan fingerprint density at radius 2 is 1.69 bits per heavy atom. The lowest BCUT2D eigenvalue weighted by Crippen LogP contribution is -2.38. The maximum atomic E-state index is 14.3. The Morgan fingerprint density at radius 1 is 1.03 bits per heavy atom. The Kier molecular flexibility index (Phi) is 5.89. The number of hydrogen-bond donors (Lipinski definition) is 0. The molecule has 1 atom stereocenters. The average molecular weight is 449 g/mol. The summed E-state index contributed by atoms with van der Waals surface area (Å²) >= 11 is 0. The molecule has 1 aliphatic rings. The Labute approximate surface area is 188 Å². The van der Waals surface area contributed by atoms with Crippen LogP contribution >= 0.6 is 0 Å². The van der Waals surface area contributed by atoms with Crippen molar-refractivity contribution < 1.29 is 22.7 Å². The molecule has 0 saturated carbocycles. The molecule has 164 valence electrons. The minimum absolute atomic E-state index is 0.163. The molecule has 0 aliphatic carbocycles. The number of fused-ring (bicyclic) bond motifs is 1. The number of methoxy groups -OCH3 is 1. The quantitative estimate of drug-likeness (QED) is 0.417. The number of carbonyl (C=O) groups is 1. The molecule has 6 heteroatoms. The zero-order valence-corrected chi connectivity index (χ0v) is 18.6. The van der Waals surface area contributed by atoms with Gasteiger partial charge < -0.3 is 9.47 Å². The van der Waals surface area contributed by atoms with E-state index in [2.05, 4.69) is 6.58 Å². The number of esters is 1. The number of sulfone groups is 1. The predicted octanol–water partition coefficient (Wildman–Crippen LogP) is 4.72. The number of benzene rings is 3. The summed E-state index contributed by atoms with van der Waals surface area (Å²) in [5.74, 6) is -0.117. The molecule has 0 saturated heterocycles. The van der Waals surface area contributed by atoms with Crippen LogP contribution in [0.15, 0.2) is 95.9 Å². The van der Waals surface area contributed by atoms with Gasteiger partial charge in [0.15, 0.2) is 9.84 Å². The fourth-order valence-corrected chi connectivity index (χ4v) is 6.40. The standard InChI is InChI=1S/C26H24O5S/c1-19-16-26(17-20-9-5-3-6-10-20,32(28,29)22-11-7-4-8-12-22)23-15-21(25(27)30-2)13-14-24(23)31-18-19/h3-15H,1,16-18H2,2H3. The van der Waals surface area contributed by atoms with Gasteiger partial charge in [0.05, 0.1) is 17.6 Å². The van der Waals surface area contributed by atoms with E-state index in [4.69, 9.17) is 9.47 Å². The zero-order valence-electron chi connectivity index (χ0n) is 17.8. The summed E-state index contributed by atoms with van der Waals surface area (Å²) in [4.78, 5) is 12.5. The highest BCUT2D eigenvalue weighted by atomic mass is 32.2. The van der Waals surface area contributed by atoms with Gasteiger partial charge in [-0.2, -0.15) is 0 Å². The van der Waals surface area contributed by atoms with Crippen LogP contribution in [-0.2, 0) is 25.7 Å². The Bertz CT molecular complexity index is 1250. The zero-order chi connectivity index (χ0) is 22.8. The summed E-state index contributed by atoms with van der Waals surface area (Å²) in [6, 6.07) is 22.7. The number of ether oxygens (including phenoxy) is 2. The van der Waals surface area contributed by atoms with Gasteiger partial charge in [-0.05, 0) is 54.3 Å². The van der Waals surface area contributed by atoms with Crippen molar-refractivity contribution in [2.24, 2.45) is 0 Å². The molecule has 4 rings (SSSR count). The normalized spacial score (nSPS) is 18.2. The van der Waals surface area contributed by atoms with Crippen molar-refractivity contribution >= 4 is 15.8 Å². The average Bonchev–Trinajstić information content (AvgIpc) is 2.96. The van der Waals surface area contributed by atoms with Gasteiger partial charge in [-0.3, -0.25) is 0 Å². The second-order valence-electron chi connectivity index (χ2n) is 7.89. The van der Waals surface area contributed by atoms with Gasteiger partial charge in [0.2, 0.25) is 0 Å². The van der Waals surface area contributed by atoms with Gasteiger partial charge in [0, 0.05) is 5.56 Å². The van der Waals surface area contributed by atoms with E-state index in [1.807, 2.05) is 30.3 Å². The SMILES string of the molecule is C=C1COc2ccc(C(=O)OC)cc2C(Cc2ccccc2)(S(=O)(=O)c2ccccc2)C1. The summed E-state index contributed by atoms with van der Waals surface area (Å²) in [5, 5.41) is 0. The Morgan fingerprint density at radius 3 is 2.34 bits per heavy atom. The molecule has 3 aromatic carbocycles. The summed E-state index contributed by atoms with van der Waals surface area (Å²) in [6.45, 7) is 4.29. The molecule has 0 spiro atoms. The van der Waals surface area contributed by atoms with Crippen molar-refractivity contribution in [3.63, 3.8) is 0 Å². The molecule has 32 heavy (non-hydrogen) atoms. The number of carbonyl (C=O) groups excluding carboxylic acids is 1. The predicted molar refractivity (Wildman–Crippen MR) is 122 cm³/mol. The first kappa shape index (κ1) is 21.8. The summed E-state index contributed by atoms with van der Waals surface area (Å²) in [6.07, 6.45) is 0.363. The van der Waals surface area contributed by atoms with E-state index in [9.17, 15) is 13.2 Å². The monoisotopic (exact) mass is 448 g/mol. The Balaban J connectivity index is 2.04.